The highest BCUT2D eigenvalue weighted by atomic mass is 127. The highest BCUT2D eigenvalue weighted by Crippen LogP contribution is 2.12. The standard InChI is InChI=1S/C19H33N5O.HI/c1-16(24-12-10-22(3)11-13-24)14-21-19(20-2)23(4)15-17-6-8-18(25-5)9-7-17;/h6-9,16H,10-15H2,1-5H3,(H,20,21);1H. The Kier molecular flexibility index (Phi) is 10.3. The maximum atomic E-state index is 5.21. The molecular weight excluding hydrogens is 441 g/mol. The molecule has 0 amide bonds. The average Bonchev–Trinajstić information content (AvgIpc) is 2.63. The van der Waals surface area contributed by atoms with E-state index < -0.39 is 0 Å². The summed E-state index contributed by atoms with van der Waals surface area (Å²) in [7, 11) is 7.79. The minimum absolute atomic E-state index is 0. The summed E-state index contributed by atoms with van der Waals surface area (Å²) in [5, 5.41) is 3.52. The molecule has 6 nitrogen and oxygen atoms in total. The molecule has 26 heavy (non-hydrogen) atoms. The zero-order valence-corrected chi connectivity index (χ0v) is 19.1. The van der Waals surface area contributed by atoms with Gasteiger partial charge in [-0.3, -0.25) is 9.89 Å². The molecule has 7 heteroatoms. The number of ether oxygens (including phenoxy) is 1. The van der Waals surface area contributed by atoms with Crippen molar-refractivity contribution in [2.24, 2.45) is 4.99 Å². The van der Waals surface area contributed by atoms with Gasteiger partial charge in [-0.15, -0.1) is 24.0 Å². The molecule has 1 atom stereocenters. The predicted octanol–water partition coefficient (Wildman–Crippen LogP) is 1.96. The van der Waals surface area contributed by atoms with Crippen LogP contribution in [0.15, 0.2) is 29.3 Å². The van der Waals surface area contributed by atoms with Gasteiger partial charge < -0.3 is 19.9 Å². The zero-order chi connectivity index (χ0) is 18.2. The lowest BCUT2D eigenvalue weighted by Gasteiger charge is -2.37. The van der Waals surface area contributed by atoms with Gasteiger partial charge in [0.2, 0.25) is 0 Å². The van der Waals surface area contributed by atoms with E-state index in [-0.39, 0.29) is 24.0 Å². The number of methoxy groups -OCH3 is 1. The van der Waals surface area contributed by atoms with Gasteiger partial charge in [0.1, 0.15) is 5.75 Å². The van der Waals surface area contributed by atoms with Crippen LogP contribution >= 0.6 is 24.0 Å². The quantitative estimate of drug-likeness (QED) is 0.387. The van der Waals surface area contributed by atoms with Crippen LogP contribution in [0.25, 0.3) is 0 Å². The molecule has 1 aliphatic heterocycles. The fourth-order valence-corrected chi connectivity index (χ4v) is 3.10. The second-order valence-electron chi connectivity index (χ2n) is 6.82. The van der Waals surface area contributed by atoms with Gasteiger partial charge in [-0.1, -0.05) is 12.1 Å². The van der Waals surface area contributed by atoms with Crippen molar-refractivity contribution in [3.63, 3.8) is 0 Å². The summed E-state index contributed by atoms with van der Waals surface area (Å²) >= 11 is 0. The summed E-state index contributed by atoms with van der Waals surface area (Å²) in [6.07, 6.45) is 0. The molecule has 0 bridgehead atoms. The molecule has 1 aromatic rings. The molecular formula is C19H34IN5O. The fraction of sp³-hybridized carbons (Fsp3) is 0.632. The van der Waals surface area contributed by atoms with Crippen LogP contribution in [-0.4, -0.2) is 87.7 Å². The molecule has 1 aromatic carbocycles. The first-order valence-corrected chi connectivity index (χ1v) is 9.00. The number of hydrogen-bond donors (Lipinski definition) is 1. The first-order valence-electron chi connectivity index (χ1n) is 9.00. The number of aliphatic imine (C=N–C) groups is 1. The van der Waals surface area contributed by atoms with E-state index in [2.05, 4.69) is 58.2 Å². The molecule has 1 N–H and O–H groups in total. The number of piperazine rings is 1. The van der Waals surface area contributed by atoms with Crippen LogP contribution in [0, 0.1) is 0 Å². The van der Waals surface area contributed by atoms with Crippen LogP contribution < -0.4 is 10.1 Å². The molecule has 1 saturated heterocycles. The Morgan fingerprint density at radius 2 is 1.85 bits per heavy atom. The Bertz CT molecular complexity index is 543. The highest BCUT2D eigenvalue weighted by Gasteiger charge is 2.19. The van der Waals surface area contributed by atoms with Crippen LogP contribution in [0.1, 0.15) is 12.5 Å². The van der Waals surface area contributed by atoms with Gasteiger partial charge in [0.05, 0.1) is 7.11 Å². The van der Waals surface area contributed by atoms with Crippen molar-refractivity contribution in [3.8, 4) is 5.75 Å². The van der Waals surface area contributed by atoms with Crippen molar-refractivity contribution in [1.29, 1.82) is 0 Å². The minimum Gasteiger partial charge on any atom is -0.497 e. The van der Waals surface area contributed by atoms with E-state index in [0.717, 1.165) is 51.0 Å². The number of halogens is 1. The molecule has 0 spiro atoms. The van der Waals surface area contributed by atoms with Crippen molar-refractivity contribution < 1.29 is 4.74 Å². The molecule has 0 saturated carbocycles. The monoisotopic (exact) mass is 475 g/mol. The molecule has 2 rings (SSSR count). The van der Waals surface area contributed by atoms with Gasteiger partial charge in [-0.25, -0.2) is 0 Å². The summed E-state index contributed by atoms with van der Waals surface area (Å²) < 4.78 is 5.21. The molecule has 148 valence electrons. The average molecular weight is 475 g/mol. The van der Waals surface area contributed by atoms with Gasteiger partial charge in [0.25, 0.3) is 0 Å². The smallest absolute Gasteiger partial charge is 0.193 e. The minimum atomic E-state index is 0. The van der Waals surface area contributed by atoms with E-state index in [1.165, 1.54) is 5.56 Å². The number of hydrogen-bond acceptors (Lipinski definition) is 4. The number of rotatable bonds is 6. The summed E-state index contributed by atoms with van der Waals surface area (Å²) in [6, 6.07) is 8.68. The third-order valence-electron chi connectivity index (χ3n) is 4.87. The lowest BCUT2D eigenvalue weighted by atomic mass is 10.2. The molecule has 0 aromatic heterocycles. The Morgan fingerprint density at radius 3 is 2.38 bits per heavy atom. The Labute approximate surface area is 175 Å². The Balaban J connectivity index is 0.00000338. The normalized spacial score (nSPS) is 17.3. The van der Waals surface area contributed by atoms with Crippen LogP contribution in [-0.2, 0) is 6.54 Å². The number of nitrogens with zero attached hydrogens (tertiary/aromatic N) is 4. The van der Waals surface area contributed by atoms with E-state index in [1.807, 2.05) is 19.2 Å². The molecule has 0 aliphatic carbocycles. The van der Waals surface area contributed by atoms with E-state index in [1.54, 1.807) is 7.11 Å². The van der Waals surface area contributed by atoms with Crippen LogP contribution in [0.2, 0.25) is 0 Å². The molecule has 1 unspecified atom stereocenters. The molecule has 0 radical (unpaired) electrons. The van der Waals surface area contributed by atoms with E-state index >= 15 is 0 Å². The summed E-state index contributed by atoms with van der Waals surface area (Å²) in [5.74, 6) is 1.81. The second kappa shape index (κ2) is 11.6. The predicted molar refractivity (Wildman–Crippen MR) is 120 cm³/mol. The number of nitrogens with one attached hydrogen (secondary N) is 1. The number of likely N-dealkylation sites (N-methyl/N-ethyl adjacent to an activating group) is 1. The Hall–Kier alpha value is -1.06. The van der Waals surface area contributed by atoms with Gasteiger partial charge >= 0.3 is 0 Å². The lowest BCUT2D eigenvalue weighted by Crippen LogP contribution is -2.52. The maximum Gasteiger partial charge on any atom is 0.193 e. The fourth-order valence-electron chi connectivity index (χ4n) is 3.10. The molecule has 1 heterocycles. The largest absolute Gasteiger partial charge is 0.497 e. The van der Waals surface area contributed by atoms with Crippen molar-refractivity contribution in [1.82, 2.24) is 20.0 Å². The first kappa shape index (κ1) is 23.0. The third-order valence-corrected chi connectivity index (χ3v) is 4.87. The summed E-state index contributed by atoms with van der Waals surface area (Å²) in [4.78, 5) is 11.5. The third kappa shape index (κ3) is 6.92. The van der Waals surface area contributed by atoms with Crippen LogP contribution in [0.3, 0.4) is 0 Å². The first-order chi connectivity index (χ1) is 12.0. The van der Waals surface area contributed by atoms with Crippen LogP contribution in [0.4, 0.5) is 0 Å². The van der Waals surface area contributed by atoms with E-state index in [4.69, 9.17) is 4.74 Å². The van der Waals surface area contributed by atoms with Crippen molar-refractivity contribution in [2.75, 3.05) is 61.0 Å². The second-order valence-corrected chi connectivity index (χ2v) is 6.82. The highest BCUT2D eigenvalue weighted by molar-refractivity contribution is 14.0. The van der Waals surface area contributed by atoms with Gasteiger partial charge in [-0.2, -0.15) is 0 Å². The van der Waals surface area contributed by atoms with Crippen LogP contribution in [0.5, 0.6) is 5.75 Å². The number of guanidine groups is 1. The van der Waals surface area contributed by atoms with E-state index in [9.17, 15) is 0 Å². The Morgan fingerprint density at radius 1 is 1.23 bits per heavy atom. The number of benzene rings is 1. The van der Waals surface area contributed by atoms with Gasteiger partial charge in [-0.05, 0) is 31.7 Å². The summed E-state index contributed by atoms with van der Waals surface area (Å²) in [5.41, 5.74) is 1.23. The van der Waals surface area contributed by atoms with Crippen molar-refractivity contribution in [3.05, 3.63) is 29.8 Å². The van der Waals surface area contributed by atoms with Crippen molar-refractivity contribution in [2.45, 2.75) is 19.5 Å². The lowest BCUT2D eigenvalue weighted by molar-refractivity contribution is 0.119. The molecule has 1 aliphatic rings. The zero-order valence-electron chi connectivity index (χ0n) is 16.7. The summed E-state index contributed by atoms with van der Waals surface area (Å²) in [6.45, 7) is 8.58. The van der Waals surface area contributed by atoms with Crippen molar-refractivity contribution >= 4 is 29.9 Å². The SMILES string of the molecule is CN=C(NCC(C)N1CCN(C)CC1)N(C)Cc1ccc(OC)cc1.I. The maximum absolute atomic E-state index is 5.21. The van der Waals surface area contributed by atoms with Gasteiger partial charge in [0.15, 0.2) is 5.96 Å². The molecule has 1 fully saturated rings. The van der Waals surface area contributed by atoms with Gasteiger partial charge in [0, 0.05) is 59.4 Å². The van der Waals surface area contributed by atoms with E-state index in [0.29, 0.717) is 6.04 Å². The topological polar surface area (TPSA) is 43.3 Å².